The second kappa shape index (κ2) is 3.80. The highest BCUT2D eigenvalue weighted by molar-refractivity contribution is 5.89. The van der Waals surface area contributed by atoms with Crippen molar-refractivity contribution in [3.05, 3.63) is 29.8 Å². The van der Waals surface area contributed by atoms with Gasteiger partial charge in [0.25, 0.3) is 0 Å². The van der Waals surface area contributed by atoms with Crippen LogP contribution < -0.4 is 11.1 Å². The molecule has 1 aromatic rings. The van der Waals surface area contributed by atoms with Crippen LogP contribution in [-0.2, 0) is 11.2 Å². The molecule has 14 heavy (non-hydrogen) atoms. The van der Waals surface area contributed by atoms with Gasteiger partial charge in [0, 0.05) is 5.69 Å². The zero-order valence-electron chi connectivity index (χ0n) is 7.99. The largest absolute Gasteiger partial charge is 0.375 e. The predicted octanol–water partition coefficient (Wildman–Crippen LogP) is 0.941. The fourth-order valence-corrected chi connectivity index (χ4v) is 1.82. The molecule has 0 radical (unpaired) electrons. The second-order valence-corrected chi connectivity index (χ2v) is 3.56. The maximum atomic E-state index is 11.4. The van der Waals surface area contributed by atoms with E-state index in [4.69, 9.17) is 5.73 Å². The van der Waals surface area contributed by atoms with Crippen molar-refractivity contribution in [1.82, 2.24) is 0 Å². The summed E-state index contributed by atoms with van der Waals surface area (Å²) in [5.74, 6) is 0.0968. The number of rotatable bonds is 2. The quantitative estimate of drug-likeness (QED) is 0.729. The number of hydrogen-bond donors (Lipinski definition) is 2. The molecule has 74 valence electrons. The molecule has 1 atom stereocenters. The minimum Gasteiger partial charge on any atom is -0.375 e. The summed E-state index contributed by atoms with van der Waals surface area (Å²) < 4.78 is 0. The lowest BCUT2D eigenvalue weighted by molar-refractivity contribution is -0.118. The molecule has 2 rings (SSSR count). The fourth-order valence-electron chi connectivity index (χ4n) is 1.82. The van der Waals surface area contributed by atoms with E-state index in [1.807, 2.05) is 18.2 Å². The zero-order valence-corrected chi connectivity index (χ0v) is 7.99. The summed E-state index contributed by atoms with van der Waals surface area (Å²) in [5.41, 5.74) is 7.69. The van der Waals surface area contributed by atoms with Crippen molar-refractivity contribution in [3.63, 3.8) is 0 Å². The van der Waals surface area contributed by atoms with Crippen LogP contribution in [0.25, 0.3) is 0 Å². The third-order valence-corrected chi connectivity index (χ3v) is 2.64. The van der Waals surface area contributed by atoms with Crippen molar-refractivity contribution in [1.29, 1.82) is 0 Å². The number of fused-ring (bicyclic) bond motifs is 1. The van der Waals surface area contributed by atoms with Crippen LogP contribution in [0, 0.1) is 0 Å². The SMILES string of the molecule is NCC(=O)C1CCc2ccccc2N1. The Kier molecular flexibility index (Phi) is 2.50. The number of nitrogens with two attached hydrogens (primary N) is 1. The molecule has 3 heteroatoms. The monoisotopic (exact) mass is 190 g/mol. The van der Waals surface area contributed by atoms with Crippen molar-refractivity contribution in [2.45, 2.75) is 18.9 Å². The van der Waals surface area contributed by atoms with Crippen molar-refractivity contribution >= 4 is 11.5 Å². The molecule has 1 aliphatic heterocycles. The van der Waals surface area contributed by atoms with E-state index >= 15 is 0 Å². The highest BCUT2D eigenvalue weighted by Crippen LogP contribution is 2.24. The first-order chi connectivity index (χ1) is 6.81. The highest BCUT2D eigenvalue weighted by Gasteiger charge is 2.21. The van der Waals surface area contributed by atoms with Gasteiger partial charge in [0.05, 0.1) is 12.6 Å². The number of carbonyl (C=O) groups is 1. The van der Waals surface area contributed by atoms with Crippen LogP contribution >= 0.6 is 0 Å². The number of nitrogens with one attached hydrogen (secondary N) is 1. The molecule has 1 heterocycles. The van der Waals surface area contributed by atoms with E-state index in [2.05, 4.69) is 11.4 Å². The molecule has 1 aliphatic rings. The van der Waals surface area contributed by atoms with E-state index in [0.717, 1.165) is 18.5 Å². The lowest BCUT2D eigenvalue weighted by Crippen LogP contribution is -2.37. The van der Waals surface area contributed by atoms with Gasteiger partial charge in [0.2, 0.25) is 0 Å². The summed E-state index contributed by atoms with van der Waals surface area (Å²) >= 11 is 0. The number of anilines is 1. The Labute approximate surface area is 83.3 Å². The Morgan fingerprint density at radius 2 is 2.29 bits per heavy atom. The Morgan fingerprint density at radius 1 is 1.50 bits per heavy atom. The summed E-state index contributed by atoms with van der Waals surface area (Å²) in [6.45, 7) is 0.125. The normalized spacial score (nSPS) is 19.6. The topological polar surface area (TPSA) is 55.1 Å². The van der Waals surface area contributed by atoms with Crippen LogP contribution in [0.3, 0.4) is 0 Å². The molecule has 0 saturated carbocycles. The molecule has 0 saturated heterocycles. The van der Waals surface area contributed by atoms with E-state index in [1.165, 1.54) is 5.56 Å². The maximum absolute atomic E-state index is 11.4. The second-order valence-electron chi connectivity index (χ2n) is 3.56. The van der Waals surface area contributed by atoms with Gasteiger partial charge in [0.1, 0.15) is 0 Å². The molecule has 0 spiro atoms. The number of benzene rings is 1. The minimum absolute atomic E-state index is 0.0881. The Hall–Kier alpha value is -1.35. The molecule has 3 nitrogen and oxygen atoms in total. The molecule has 1 aromatic carbocycles. The van der Waals surface area contributed by atoms with Gasteiger partial charge in [-0.2, -0.15) is 0 Å². The van der Waals surface area contributed by atoms with E-state index in [0.29, 0.717) is 0 Å². The zero-order chi connectivity index (χ0) is 9.97. The standard InChI is InChI=1S/C11H14N2O/c12-7-11(14)10-6-5-8-3-1-2-4-9(8)13-10/h1-4,10,13H,5-7,12H2. The molecule has 0 amide bonds. The number of aryl methyl sites for hydroxylation is 1. The van der Waals surface area contributed by atoms with E-state index < -0.39 is 0 Å². The first-order valence-corrected chi connectivity index (χ1v) is 4.88. The number of ketones is 1. The van der Waals surface area contributed by atoms with Crippen LogP contribution in [0.15, 0.2) is 24.3 Å². The first-order valence-electron chi connectivity index (χ1n) is 4.88. The van der Waals surface area contributed by atoms with Gasteiger partial charge in [-0.1, -0.05) is 18.2 Å². The molecule has 0 aromatic heterocycles. The molecular weight excluding hydrogens is 176 g/mol. The summed E-state index contributed by atoms with van der Waals surface area (Å²) in [6, 6.07) is 8.00. The van der Waals surface area contributed by atoms with Crippen molar-refractivity contribution < 1.29 is 4.79 Å². The molecule has 0 bridgehead atoms. The minimum atomic E-state index is -0.0881. The van der Waals surface area contributed by atoms with Gasteiger partial charge in [0.15, 0.2) is 5.78 Å². The summed E-state index contributed by atoms with van der Waals surface area (Å²) in [6.07, 6.45) is 1.81. The smallest absolute Gasteiger partial charge is 0.168 e. The predicted molar refractivity (Wildman–Crippen MR) is 56.2 cm³/mol. The first kappa shape index (κ1) is 9.21. The third kappa shape index (κ3) is 1.63. The summed E-state index contributed by atoms with van der Waals surface area (Å²) in [7, 11) is 0. The van der Waals surface area contributed by atoms with Crippen LogP contribution in [-0.4, -0.2) is 18.4 Å². The van der Waals surface area contributed by atoms with Crippen molar-refractivity contribution in [2.24, 2.45) is 5.73 Å². The molecule has 3 N–H and O–H groups in total. The number of hydrogen-bond acceptors (Lipinski definition) is 3. The van der Waals surface area contributed by atoms with Gasteiger partial charge in [-0.25, -0.2) is 0 Å². The highest BCUT2D eigenvalue weighted by atomic mass is 16.1. The maximum Gasteiger partial charge on any atom is 0.168 e. The lowest BCUT2D eigenvalue weighted by atomic mass is 9.96. The number of para-hydroxylation sites is 1. The van der Waals surface area contributed by atoms with Crippen molar-refractivity contribution in [3.8, 4) is 0 Å². The van der Waals surface area contributed by atoms with E-state index in [-0.39, 0.29) is 18.4 Å². The Bertz CT molecular complexity index is 349. The van der Waals surface area contributed by atoms with Gasteiger partial charge in [-0.05, 0) is 24.5 Å². The van der Waals surface area contributed by atoms with Gasteiger partial charge in [-0.15, -0.1) is 0 Å². The average molecular weight is 190 g/mol. The number of carbonyl (C=O) groups excluding carboxylic acids is 1. The Balaban J connectivity index is 2.17. The summed E-state index contributed by atoms with van der Waals surface area (Å²) in [5, 5.41) is 3.22. The average Bonchev–Trinajstić information content (AvgIpc) is 2.27. The molecular formula is C11H14N2O. The van der Waals surface area contributed by atoms with Crippen molar-refractivity contribution in [2.75, 3.05) is 11.9 Å². The van der Waals surface area contributed by atoms with Crippen LogP contribution in [0.1, 0.15) is 12.0 Å². The van der Waals surface area contributed by atoms with Gasteiger partial charge in [-0.3, -0.25) is 4.79 Å². The Morgan fingerprint density at radius 3 is 3.07 bits per heavy atom. The summed E-state index contributed by atoms with van der Waals surface area (Å²) in [4.78, 5) is 11.4. The van der Waals surface area contributed by atoms with Crippen LogP contribution in [0.4, 0.5) is 5.69 Å². The van der Waals surface area contributed by atoms with E-state index in [1.54, 1.807) is 0 Å². The van der Waals surface area contributed by atoms with E-state index in [9.17, 15) is 4.79 Å². The van der Waals surface area contributed by atoms with Crippen LogP contribution in [0.2, 0.25) is 0 Å². The fraction of sp³-hybridized carbons (Fsp3) is 0.364. The van der Waals surface area contributed by atoms with Gasteiger partial charge >= 0.3 is 0 Å². The van der Waals surface area contributed by atoms with Gasteiger partial charge < -0.3 is 11.1 Å². The lowest BCUT2D eigenvalue weighted by Gasteiger charge is -2.25. The molecule has 0 fully saturated rings. The van der Waals surface area contributed by atoms with Crippen LogP contribution in [0.5, 0.6) is 0 Å². The molecule has 1 unspecified atom stereocenters. The third-order valence-electron chi connectivity index (χ3n) is 2.64. The number of Topliss-reactive ketones (excluding diaryl/α,β-unsaturated/α-hetero) is 1. The molecule has 0 aliphatic carbocycles.